The quantitative estimate of drug-likeness (QED) is 0.742. The molecule has 0 aliphatic carbocycles. The van der Waals surface area contributed by atoms with Gasteiger partial charge in [-0.3, -0.25) is 4.79 Å². The second kappa shape index (κ2) is 6.94. The number of methoxy groups -OCH3 is 1. The van der Waals surface area contributed by atoms with Gasteiger partial charge in [-0.1, -0.05) is 23.7 Å². The van der Waals surface area contributed by atoms with E-state index in [9.17, 15) is 9.59 Å². The number of hydrogen-bond donors (Lipinski definition) is 1. The van der Waals surface area contributed by atoms with E-state index in [1.807, 2.05) is 19.1 Å². The van der Waals surface area contributed by atoms with E-state index in [1.165, 1.54) is 17.7 Å². The van der Waals surface area contributed by atoms with E-state index >= 15 is 0 Å². The summed E-state index contributed by atoms with van der Waals surface area (Å²) in [5, 5.41) is 7.50. The van der Waals surface area contributed by atoms with Crippen LogP contribution in [0.3, 0.4) is 0 Å². The van der Waals surface area contributed by atoms with Crippen LogP contribution in [0.2, 0.25) is 5.02 Å². The minimum atomic E-state index is -0.445. The first kappa shape index (κ1) is 17.0. The highest BCUT2D eigenvalue weighted by atomic mass is 35.5. The molecule has 1 atom stereocenters. The number of ether oxygens (including phenoxy) is 1. The monoisotopic (exact) mass is 361 g/mol. The number of nitrogens with one attached hydrogen (secondary N) is 1. The van der Waals surface area contributed by atoms with Gasteiger partial charge in [0, 0.05) is 17.3 Å². The molecule has 0 radical (unpaired) electrons. The Hall–Kier alpha value is -2.87. The van der Waals surface area contributed by atoms with Crippen LogP contribution in [0.1, 0.15) is 18.5 Å². The van der Waals surface area contributed by atoms with Crippen LogP contribution in [0.5, 0.6) is 5.88 Å². The van der Waals surface area contributed by atoms with Gasteiger partial charge in [-0.05, 0) is 24.6 Å². The Balaban J connectivity index is 1.74. The summed E-state index contributed by atoms with van der Waals surface area (Å²) in [7, 11) is 1.47. The van der Waals surface area contributed by atoms with Gasteiger partial charge in [0.15, 0.2) is 0 Å². The number of benzene rings is 1. The van der Waals surface area contributed by atoms with E-state index in [0.717, 1.165) is 10.2 Å². The maximum absolute atomic E-state index is 12.2. The second-order valence-electron chi connectivity index (χ2n) is 5.42. The Kier molecular flexibility index (Phi) is 4.71. The van der Waals surface area contributed by atoms with Crippen LogP contribution < -0.4 is 15.7 Å². The minimum absolute atomic E-state index is 0.169. The molecule has 0 unspecified atom stereocenters. The van der Waals surface area contributed by atoms with E-state index in [-0.39, 0.29) is 24.3 Å². The summed E-state index contributed by atoms with van der Waals surface area (Å²) in [6.07, 6.45) is 1.50. The van der Waals surface area contributed by atoms with Gasteiger partial charge in [0.2, 0.25) is 11.8 Å². The molecule has 3 aromatic rings. The molecule has 25 heavy (non-hydrogen) atoms. The third-order valence-corrected chi connectivity index (χ3v) is 3.93. The van der Waals surface area contributed by atoms with E-state index in [0.29, 0.717) is 10.9 Å². The van der Waals surface area contributed by atoms with Gasteiger partial charge in [0.05, 0.1) is 13.2 Å². The van der Waals surface area contributed by atoms with Crippen molar-refractivity contribution in [1.29, 1.82) is 0 Å². The highest BCUT2D eigenvalue weighted by Gasteiger charge is 2.14. The van der Waals surface area contributed by atoms with Crippen molar-refractivity contribution >= 4 is 23.3 Å². The molecule has 2 heterocycles. The molecule has 8 nitrogen and oxygen atoms in total. The average molecular weight is 362 g/mol. The average Bonchev–Trinajstić information content (AvgIpc) is 2.90. The number of halogens is 1. The lowest BCUT2D eigenvalue weighted by Gasteiger charge is -2.14. The Bertz CT molecular complexity index is 964. The molecule has 0 fully saturated rings. The van der Waals surface area contributed by atoms with Crippen LogP contribution in [0, 0.1) is 0 Å². The van der Waals surface area contributed by atoms with Crippen molar-refractivity contribution in [2.24, 2.45) is 0 Å². The zero-order valence-electron chi connectivity index (χ0n) is 13.6. The Morgan fingerprint density at radius 3 is 2.72 bits per heavy atom. The topological polar surface area (TPSA) is 90.5 Å². The largest absolute Gasteiger partial charge is 0.481 e. The molecule has 9 heteroatoms. The molecule has 1 aromatic carbocycles. The molecular formula is C16H16ClN5O3. The molecule has 0 bridgehead atoms. The number of hydrogen-bond acceptors (Lipinski definition) is 5. The lowest BCUT2D eigenvalue weighted by molar-refractivity contribution is -0.122. The van der Waals surface area contributed by atoms with Crippen molar-refractivity contribution in [3.8, 4) is 5.88 Å². The van der Waals surface area contributed by atoms with Gasteiger partial charge in [-0.25, -0.2) is 13.9 Å². The van der Waals surface area contributed by atoms with Crippen molar-refractivity contribution in [3.63, 3.8) is 0 Å². The maximum atomic E-state index is 12.2. The van der Waals surface area contributed by atoms with Crippen LogP contribution in [0.25, 0.3) is 5.78 Å². The number of amides is 1. The summed E-state index contributed by atoms with van der Waals surface area (Å²) >= 11 is 5.86. The molecule has 1 N–H and O–H groups in total. The van der Waals surface area contributed by atoms with Crippen LogP contribution in [0.4, 0.5) is 0 Å². The van der Waals surface area contributed by atoms with Gasteiger partial charge in [0.25, 0.3) is 5.78 Å². The molecule has 130 valence electrons. The van der Waals surface area contributed by atoms with E-state index < -0.39 is 5.69 Å². The maximum Gasteiger partial charge on any atom is 0.352 e. The number of rotatable bonds is 5. The Labute approximate surface area is 148 Å². The summed E-state index contributed by atoms with van der Waals surface area (Å²) in [6.45, 7) is 1.64. The van der Waals surface area contributed by atoms with E-state index in [4.69, 9.17) is 16.3 Å². The third-order valence-electron chi connectivity index (χ3n) is 3.68. The Morgan fingerprint density at radius 1 is 1.32 bits per heavy atom. The van der Waals surface area contributed by atoms with Crippen molar-refractivity contribution < 1.29 is 9.53 Å². The zero-order chi connectivity index (χ0) is 18.0. The van der Waals surface area contributed by atoms with Gasteiger partial charge in [-0.15, -0.1) is 5.10 Å². The molecule has 3 rings (SSSR count). The van der Waals surface area contributed by atoms with Crippen LogP contribution in [-0.4, -0.2) is 32.2 Å². The summed E-state index contributed by atoms with van der Waals surface area (Å²) in [5.41, 5.74) is 0.464. The normalized spacial score (nSPS) is 12.1. The molecule has 0 spiro atoms. The summed E-state index contributed by atoms with van der Waals surface area (Å²) in [5.74, 6) is 0.174. The van der Waals surface area contributed by atoms with Crippen molar-refractivity contribution in [2.75, 3.05) is 7.11 Å². The SMILES string of the molecule is COc1ccn2c(=O)n(CC(=O)N[C@@H](C)c3ccc(Cl)cc3)nc2n1. The van der Waals surface area contributed by atoms with E-state index in [2.05, 4.69) is 15.4 Å². The highest BCUT2D eigenvalue weighted by molar-refractivity contribution is 6.30. The molecule has 0 saturated heterocycles. The molecule has 0 aliphatic rings. The fourth-order valence-corrected chi connectivity index (χ4v) is 2.49. The summed E-state index contributed by atoms with van der Waals surface area (Å²) in [4.78, 5) is 28.5. The first-order chi connectivity index (χ1) is 12.0. The van der Waals surface area contributed by atoms with Crippen molar-refractivity contribution in [2.45, 2.75) is 19.5 Å². The molecule has 0 aliphatic heterocycles. The summed E-state index contributed by atoms with van der Waals surface area (Å²) < 4.78 is 7.31. The second-order valence-corrected chi connectivity index (χ2v) is 5.86. The number of carbonyl (C=O) groups excluding carboxylic acids is 1. The molecular weight excluding hydrogens is 346 g/mol. The molecule has 2 aromatic heterocycles. The van der Waals surface area contributed by atoms with Gasteiger partial charge in [0.1, 0.15) is 6.54 Å². The van der Waals surface area contributed by atoms with E-state index in [1.54, 1.807) is 18.2 Å². The fraction of sp³-hybridized carbons (Fsp3) is 0.250. The van der Waals surface area contributed by atoms with Crippen LogP contribution in [0.15, 0.2) is 41.3 Å². The minimum Gasteiger partial charge on any atom is -0.481 e. The molecule has 1 amide bonds. The smallest absolute Gasteiger partial charge is 0.352 e. The number of aromatic nitrogens is 4. The van der Waals surface area contributed by atoms with Crippen molar-refractivity contribution in [3.05, 3.63) is 57.6 Å². The summed E-state index contributed by atoms with van der Waals surface area (Å²) in [6, 6.07) is 8.50. The van der Waals surface area contributed by atoms with Gasteiger partial charge in [-0.2, -0.15) is 4.98 Å². The standard InChI is InChI=1S/C16H16ClN5O3/c1-10(11-3-5-12(17)6-4-11)18-13(23)9-22-16(24)21-8-7-14(25-2)19-15(21)20-22/h3-8,10H,9H2,1-2H3,(H,18,23)/t10-/m0/s1. The zero-order valence-corrected chi connectivity index (χ0v) is 14.4. The predicted octanol–water partition coefficient (Wildman–Crippen LogP) is 1.43. The number of nitrogens with zero attached hydrogens (tertiary/aromatic N) is 4. The predicted molar refractivity (Wildman–Crippen MR) is 91.8 cm³/mol. The lowest BCUT2D eigenvalue weighted by atomic mass is 10.1. The lowest BCUT2D eigenvalue weighted by Crippen LogP contribution is -2.34. The first-order valence-corrected chi connectivity index (χ1v) is 7.91. The first-order valence-electron chi connectivity index (χ1n) is 7.53. The van der Waals surface area contributed by atoms with Crippen LogP contribution >= 0.6 is 11.6 Å². The number of fused-ring (bicyclic) bond motifs is 1. The molecule has 0 saturated carbocycles. The van der Waals surface area contributed by atoms with Gasteiger partial charge >= 0.3 is 5.69 Å². The van der Waals surface area contributed by atoms with Crippen LogP contribution in [-0.2, 0) is 11.3 Å². The number of carbonyl (C=O) groups is 1. The third kappa shape index (κ3) is 3.63. The Morgan fingerprint density at radius 2 is 2.04 bits per heavy atom. The van der Waals surface area contributed by atoms with Gasteiger partial charge < -0.3 is 10.1 Å². The van der Waals surface area contributed by atoms with Crippen molar-refractivity contribution in [1.82, 2.24) is 24.5 Å². The highest BCUT2D eigenvalue weighted by Crippen LogP contribution is 2.15. The fourth-order valence-electron chi connectivity index (χ4n) is 2.36.